The number of benzene rings is 3. The molecule has 0 unspecified atom stereocenters. The molecule has 160 valence electrons. The Morgan fingerprint density at radius 3 is 2.56 bits per heavy atom. The number of nitrogens with zero attached hydrogens (tertiary/aromatic N) is 3. The van der Waals surface area contributed by atoms with E-state index < -0.39 is 6.10 Å². The van der Waals surface area contributed by atoms with E-state index in [1.54, 1.807) is 30.1 Å². The number of rotatable bonds is 3. The van der Waals surface area contributed by atoms with Gasteiger partial charge in [-0.05, 0) is 49.4 Å². The van der Waals surface area contributed by atoms with Gasteiger partial charge in [0.05, 0.1) is 23.3 Å². The van der Waals surface area contributed by atoms with Gasteiger partial charge in [-0.1, -0.05) is 30.3 Å². The molecule has 0 saturated heterocycles. The van der Waals surface area contributed by atoms with Gasteiger partial charge in [0.1, 0.15) is 11.6 Å². The van der Waals surface area contributed by atoms with Crippen molar-refractivity contribution in [1.82, 2.24) is 14.9 Å². The summed E-state index contributed by atoms with van der Waals surface area (Å²) in [4.78, 5) is 32.1. The van der Waals surface area contributed by atoms with Crippen molar-refractivity contribution in [3.63, 3.8) is 0 Å². The molecule has 2 heterocycles. The Labute approximate surface area is 185 Å². The van der Waals surface area contributed by atoms with Gasteiger partial charge in [-0.15, -0.1) is 0 Å². The van der Waals surface area contributed by atoms with Crippen LogP contribution >= 0.6 is 0 Å². The van der Waals surface area contributed by atoms with Gasteiger partial charge in [0.25, 0.3) is 11.8 Å². The lowest BCUT2D eigenvalue weighted by Crippen LogP contribution is -2.50. The standard InChI is InChI=1S/C25H22N4O3/c1-16-27-19-14-17(12-13-20(19)29(16)18-8-4-3-5-9-18)25(31)28-15-23(24(30)26-2)32-22-11-7-6-10-21(22)28/h3-14,23H,15H2,1-2H3,(H,26,30)/t23-/m1/s1. The van der Waals surface area contributed by atoms with Crippen LogP contribution in [0.2, 0.25) is 0 Å². The van der Waals surface area contributed by atoms with Gasteiger partial charge in [-0.2, -0.15) is 0 Å². The number of anilines is 1. The van der Waals surface area contributed by atoms with E-state index >= 15 is 0 Å². The van der Waals surface area contributed by atoms with Crippen molar-refractivity contribution >= 4 is 28.5 Å². The third-order valence-electron chi connectivity index (χ3n) is 5.64. The van der Waals surface area contributed by atoms with E-state index in [0.717, 1.165) is 22.5 Å². The Morgan fingerprint density at radius 2 is 1.78 bits per heavy atom. The number of amides is 2. The molecule has 0 aliphatic carbocycles. The molecule has 3 aromatic carbocycles. The summed E-state index contributed by atoms with van der Waals surface area (Å²) in [5, 5.41) is 2.60. The van der Waals surface area contributed by atoms with E-state index in [1.165, 1.54) is 0 Å². The van der Waals surface area contributed by atoms with Crippen molar-refractivity contribution in [1.29, 1.82) is 0 Å². The van der Waals surface area contributed by atoms with Gasteiger partial charge in [-0.25, -0.2) is 4.98 Å². The number of aryl methyl sites for hydroxylation is 1. The maximum atomic E-state index is 13.5. The van der Waals surface area contributed by atoms with Crippen molar-refractivity contribution in [2.45, 2.75) is 13.0 Å². The summed E-state index contributed by atoms with van der Waals surface area (Å²) in [5.41, 5.74) is 3.82. The Bertz CT molecular complexity index is 1330. The number of imidazole rings is 1. The molecule has 7 heteroatoms. The average molecular weight is 426 g/mol. The molecular weight excluding hydrogens is 404 g/mol. The molecule has 32 heavy (non-hydrogen) atoms. The summed E-state index contributed by atoms with van der Waals surface area (Å²) in [6, 6.07) is 22.8. The quantitative estimate of drug-likeness (QED) is 0.544. The second-order valence-corrected chi connectivity index (χ2v) is 7.64. The lowest BCUT2D eigenvalue weighted by molar-refractivity contribution is -0.127. The third-order valence-corrected chi connectivity index (χ3v) is 5.64. The number of aromatic nitrogens is 2. The highest BCUT2D eigenvalue weighted by molar-refractivity contribution is 6.09. The fraction of sp³-hybridized carbons (Fsp3) is 0.160. The number of hydrogen-bond acceptors (Lipinski definition) is 4. The minimum Gasteiger partial charge on any atom is -0.477 e. The molecule has 4 aromatic rings. The summed E-state index contributed by atoms with van der Waals surface area (Å²) in [5.74, 6) is 0.867. The molecule has 2 amide bonds. The molecule has 7 nitrogen and oxygen atoms in total. The van der Waals surface area contributed by atoms with Crippen LogP contribution in [0.4, 0.5) is 5.69 Å². The van der Waals surface area contributed by atoms with Crippen LogP contribution < -0.4 is 15.0 Å². The SMILES string of the molecule is CNC(=O)[C@H]1CN(C(=O)c2ccc3c(c2)nc(C)n3-c2ccccc2)c2ccccc2O1. The average Bonchev–Trinajstić information content (AvgIpc) is 3.17. The number of para-hydroxylation sites is 3. The Morgan fingerprint density at radius 1 is 1.03 bits per heavy atom. The van der Waals surface area contributed by atoms with Crippen LogP contribution in [0.1, 0.15) is 16.2 Å². The highest BCUT2D eigenvalue weighted by Crippen LogP contribution is 2.34. The van der Waals surface area contributed by atoms with Crippen molar-refractivity contribution in [2.75, 3.05) is 18.5 Å². The topological polar surface area (TPSA) is 76.5 Å². The predicted molar refractivity (Wildman–Crippen MR) is 122 cm³/mol. The predicted octanol–water partition coefficient (Wildman–Crippen LogP) is 3.49. The molecular formula is C25H22N4O3. The van der Waals surface area contributed by atoms with E-state index in [1.807, 2.05) is 61.5 Å². The molecule has 1 N–H and O–H groups in total. The Balaban J connectivity index is 1.54. The van der Waals surface area contributed by atoms with Crippen LogP contribution in [0.25, 0.3) is 16.7 Å². The summed E-state index contributed by atoms with van der Waals surface area (Å²) < 4.78 is 7.88. The van der Waals surface area contributed by atoms with E-state index in [2.05, 4.69) is 14.9 Å². The van der Waals surface area contributed by atoms with Crippen LogP contribution in [0, 0.1) is 6.92 Å². The van der Waals surface area contributed by atoms with Crippen molar-refractivity contribution in [2.24, 2.45) is 0 Å². The highest BCUT2D eigenvalue weighted by atomic mass is 16.5. The maximum absolute atomic E-state index is 13.5. The van der Waals surface area contributed by atoms with Gasteiger partial charge in [0.2, 0.25) is 0 Å². The first-order valence-electron chi connectivity index (χ1n) is 10.4. The second-order valence-electron chi connectivity index (χ2n) is 7.64. The lowest BCUT2D eigenvalue weighted by atomic mass is 10.1. The van der Waals surface area contributed by atoms with Crippen LogP contribution in [-0.2, 0) is 4.79 Å². The zero-order valence-electron chi connectivity index (χ0n) is 17.8. The maximum Gasteiger partial charge on any atom is 0.262 e. The molecule has 1 aliphatic heterocycles. The first-order chi connectivity index (χ1) is 15.6. The molecule has 1 aromatic heterocycles. The fourth-order valence-electron chi connectivity index (χ4n) is 4.12. The van der Waals surface area contributed by atoms with Gasteiger partial charge < -0.3 is 15.0 Å². The van der Waals surface area contributed by atoms with Gasteiger partial charge in [0, 0.05) is 18.3 Å². The molecule has 0 radical (unpaired) electrons. The molecule has 0 saturated carbocycles. The number of ether oxygens (including phenoxy) is 1. The normalized spacial score (nSPS) is 15.2. The molecule has 0 bridgehead atoms. The summed E-state index contributed by atoms with van der Waals surface area (Å²) >= 11 is 0. The number of carbonyl (C=O) groups excluding carboxylic acids is 2. The number of fused-ring (bicyclic) bond motifs is 2. The first kappa shape index (κ1) is 19.8. The molecule has 1 atom stereocenters. The smallest absolute Gasteiger partial charge is 0.262 e. The third kappa shape index (κ3) is 3.28. The number of likely N-dealkylation sites (N-methyl/N-ethyl adjacent to an activating group) is 1. The molecule has 0 spiro atoms. The zero-order valence-corrected chi connectivity index (χ0v) is 17.8. The minimum atomic E-state index is -0.776. The largest absolute Gasteiger partial charge is 0.477 e. The van der Waals surface area contributed by atoms with Gasteiger partial charge >= 0.3 is 0 Å². The fourth-order valence-corrected chi connectivity index (χ4v) is 4.12. The van der Waals surface area contributed by atoms with E-state index in [0.29, 0.717) is 17.0 Å². The van der Waals surface area contributed by atoms with Crippen LogP contribution in [0.5, 0.6) is 5.75 Å². The summed E-state index contributed by atoms with van der Waals surface area (Å²) in [6.45, 7) is 2.08. The van der Waals surface area contributed by atoms with Crippen molar-refractivity contribution < 1.29 is 14.3 Å². The lowest BCUT2D eigenvalue weighted by Gasteiger charge is -2.34. The summed E-state index contributed by atoms with van der Waals surface area (Å²) in [6.07, 6.45) is -0.776. The number of carbonyl (C=O) groups is 2. The Hall–Kier alpha value is -4.13. The second kappa shape index (κ2) is 7.85. The Kier molecular flexibility index (Phi) is 4.86. The molecule has 5 rings (SSSR count). The van der Waals surface area contributed by atoms with Gasteiger partial charge in [-0.3, -0.25) is 14.2 Å². The highest BCUT2D eigenvalue weighted by Gasteiger charge is 2.34. The zero-order chi connectivity index (χ0) is 22.2. The molecule has 0 fully saturated rings. The van der Waals surface area contributed by atoms with Crippen molar-refractivity contribution in [3.05, 3.63) is 84.2 Å². The van der Waals surface area contributed by atoms with Crippen LogP contribution in [0.15, 0.2) is 72.8 Å². The van der Waals surface area contributed by atoms with Crippen LogP contribution in [-0.4, -0.2) is 41.1 Å². The van der Waals surface area contributed by atoms with E-state index in [4.69, 9.17) is 4.74 Å². The number of hydrogen-bond donors (Lipinski definition) is 1. The van der Waals surface area contributed by atoms with E-state index in [9.17, 15) is 9.59 Å². The van der Waals surface area contributed by atoms with Crippen LogP contribution in [0.3, 0.4) is 0 Å². The van der Waals surface area contributed by atoms with Crippen molar-refractivity contribution in [3.8, 4) is 11.4 Å². The first-order valence-corrected chi connectivity index (χ1v) is 10.4. The molecule has 1 aliphatic rings. The summed E-state index contributed by atoms with van der Waals surface area (Å²) in [7, 11) is 1.55. The minimum absolute atomic E-state index is 0.130. The van der Waals surface area contributed by atoms with E-state index in [-0.39, 0.29) is 18.4 Å². The monoisotopic (exact) mass is 426 g/mol. The number of nitrogens with one attached hydrogen (secondary N) is 1. The van der Waals surface area contributed by atoms with Gasteiger partial charge in [0.15, 0.2) is 6.10 Å².